The topological polar surface area (TPSA) is 62.6 Å². The summed E-state index contributed by atoms with van der Waals surface area (Å²) in [5.41, 5.74) is 1.10. The Balaban J connectivity index is 1.93. The molecule has 0 radical (unpaired) electrons. The van der Waals surface area contributed by atoms with E-state index < -0.39 is 0 Å². The molecule has 0 saturated carbocycles. The van der Waals surface area contributed by atoms with Crippen LogP contribution in [0.4, 0.5) is 4.79 Å². The fraction of sp³-hybridized carbons (Fsp3) is 0.750. The molecule has 3 atom stereocenters. The number of hydrogen-bond donors (Lipinski definition) is 1. The molecule has 1 aliphatic rings. The Labute approximate surface area is 138 Å². The number of urea groups is 1. The molecule has 2 heterocycles. The summed E-state index contributed by atoms with van der Waals surface area (Å²) in [7, 11) is 5.91. The third kappa shape index (κ3) is 4.68. The van der Waals surface area contributed by atoms with Crippen molar-refractivity contribution in [2.45, 2.75) is 38.5 Å². The maximum atomic E-state index is 12.5. The van der Waals surface area contributed by atoms with Crippen LogP contribution in [-0.2, 0) is 11.8 Å². The Morgan fingerprint density at radius 1 is 1.52 bits per heavy atom. The van der Waals surface area contributed by atoms with Gasteiger partial charge in [0.25, 0.3) is 0 Å². The van der Waals surface area contributed by atoms with Crippen LogP contribution in [0.3, 0.4) is 0 Å². The van der Waals surface area contributed by atoms with Crippen molar-refractivity contribution < 1.29 is 9.53 Å². The van der Waals surface area contributed by atoms with Gasteiger partial charge in [0.05, 0.1) is 24.4 Å². The average Bonchev–Trinajstić information content (AvgIpc) is 2.92. The first kappa shape index (κ1) is 17.7. The van der Waals surface area contributed by atoms with Crippen molar-refractivity contribution in [3.8, 4) is 0 Å². The Morgan fingerprint density at radius 3 is 2.83 bits per heavy atom. The number of aryl methyl sites for hydroxylation is 1. The quantitative estimate of drug-likeness (QED) is 0.885. The third-order valence-electron chi connectivity index (χ3n) is 4.25. The molecule has 7 heteroatoms. The maximum Gasteiger partial charge on any atom is 0.317 e. The number of carbonyl (C=O) groups is 1. The smallest absolute Gasteiger partial charge is 0.317 e. The van der Waals surface area contributed by atoms with Crippen molar-refractivity contribution in [3.05, 3.63) is 18.0 Å². The zero-order chi connectivity index (χ0) is 17.0. The minimum Gasteiger partial charge on any atom is -0.372 e. The van der Waals surface area contributed by atoms with Crippen molar-refractivity contribution in [1.29, 1.82) is 0 Å². The van der Waals surface area contributed by atoms with Gasteiger partial charge in [0.15, 0.2) is 0 Å². The van der Waals surface area contributed by atoms with Crippen LogP contribution in [0, 0.1) is 0 Å². The largest absolute Gasteiger partial charge is 0.372 e. The lowest BCUT2D eigenvalue weighted by Gasteiger charge is -2.36. The predicted molar refractivity (Wildman–Crippen MR) is 89.2 cm³/mol. The van der Waals surface area contributed by atoms with Crippen molar-refractivity contribution >= 4 is 6.03 Å². The number of morpholine rings is 1. The minimum atomic E-state index is -0.0191. The standard InChI is InChI=1S/C16H29N5O2/c1-6-14-11-21(9-12(2)23-14)16(22)17-8-15(19(3)4)13-7-18-20(5)10-13/h7,10,12,14-15H,6,8-9,11H2,1-5H3,(H,17,22)/t12-,14+,15+/m0/s1. The highest BCUT2D eigenvalue weighted by Gasteiger charge is 2.28. The molecule has 1 aromatic rings. The van der Waals surface area contributed by atoms with E-state index in [1.807, 2.05) is 45.4 Å². The predicted octanol–water partition coefficient (Wildman–Crippen LogP) is 1.23. The van der Waals surface area contributed by atoms with Crippen molar-refractivity contribution in [2.24, 2.45) is 7.05 Å². The fourth-order valence-electron chi connectivity index (χ4n) is 2.94. The molecule has 2 amide bonds. The Hall–Kier alpha value is -1.60. The van der Waals surface area contributed by atoms with Gasteiger partial charge in [0.1, 0.15) is 0 Å². The van der Waals surface area contributed by atoms with Crippen molar-refractivity contribution in [2.75, 3.05) is 33.7 Å². The summed E-state index contributed by atoms with van der Waals surface area (Å²) >= 11 is 0. The fourth-order valence-corrected chi connectivity index (χ4v) is 2.94. The van der Waals surface area contributed by atoms with Gasteiger partial charge >= 0.3 is 6.03 Å². The van der Waals surface area contributed by atoms with E-state index in [0.717, 1.165) is 12.0 Å². The zero-order valence-electron chi connectivity index (χ0n) is 14.8. The number of nitrogens with one attached hydrogen (secondary N) is 1. The maximum absolute atomic E-state index is 12.5. The van der Waals surface area contributed by atoms with E-state index in [1.54, 1.807) is 4.68 Å². The van der Waals surface area contributed by atoms with Crippen molar-refractivity contribution in [3.63, 3.8) is 0 Å². The first-order valence-electron chi connectivity index (χ1n) is 8.23. The van der Waals surface area contributed by atoms with Crippen LogP contribution in [0.5, 0.6) is 0 Å². The molecule has 7 nitrogen and oxygen atoms in total. The second-order valence-corrected chi connectivity index (χ2v) is 6.49. The summed E-state index contributed by atoms with van der Waals surface area (Å²) in [6.07, 6.45) is 4.97. The molecule has 1 saturated heterocycles. The molecule has 1 N–H and O–H groups in total. The molecule has 0 unspecified atom stereocenters. The molecule has 0 aromatic carbocycles. The highest BCUT2D eigenvalue weighted by atomic mass is 16.5. The van der Waals surface area contributed by atoms with E-state index in [1.165, 1.54) is 0 Å². The van der Waals surface area contributed by atoms with Gasteiger partial charge in [-0.25, -0.2) is 4.79 Å². The van der Waals surface area contributed by atoms with Crippen LogP contribution < -0.4 is 5.32 Å². The number of aromatic nitrogens is 2. The van der Waals surface area contributed by atoms with E-state index in [9.17, 15) is 4.79 Å². The molecular weight excluding hydrogens is 294 g/mol. The van der Waals surface area contributed by atoms with Gasteiger partial charge in [-0.05, 0) is 27.4 Å². The number of nitrogens with zero attached hydrogens (tertiary/aromatic N) is 4. The van der Waals surface area contributed by atoms with Gasteiger partial charge in [-0.2, -0.15) is 5.10 Å². The molecule has 0 bridgehead atoms. The summed E-state index contributed by atoms with van der Waals surface area (Å²) in [4.78, 5) is 16.4. The molecule has 23 heavy (non-hydrogen) atoms. The van der Waals surface area contributed by atoms with Crippen LogP contribution in [0.25, 0.3) is 0 Å². The van der Waals surface area contributed by atoms with Crippen LogP contribution >= 0.6 is 0 Å². The summed E-state index contributed by atoms with van der Waals surface area (Å²) in [6, 6.07) is 0.0856. The first-order valence-corrected chi connectivity index (χ1v) is 8.23. The molecule has 130 valence electrons. The molecule has 0 aliphatic carbocycles. The summed E-state index contributed by atoms with van der Waals surface area (Å²) in [5, 5.41) is 7.28. The summed E-state index contributed by atoms with van der Waals surface area (Å²) < 4.78 is 7.59. The van der Waals surface area contributed by atoms with Crippen LogP contribution in [0.2, 0.25) is 0 Å². The number of ether oxygens (including phenoxy) is 1. The minimum absolute atomic E-state index is 0.0191. The van der Waals surface area contributed by atoms with E-state index in [-0.39, 0.29) is 24.3 Å². The summed E-state index contributed by atoms with van der Waals surface area (Å²) in [6.45, 7) is 5.96. The molecular formula is C16H29N5O2. The monoisotopic (exact) mass is 323 g/mol. The van der Waals surface area contributed by atoms with Crippen molar-refractivity contribution in [1.82, 2.24) is 24.9 Å². The van der Waals surface area contributed by atoms with Gasteiger partial charge in [0.2, 0.25) is 0 Å². The van der Waals surface area contributed by atoms with Gasteiger partial charge < -0.3 is 19.9 Å². The molecule has 1 aromatic heterocycles. The van der Waals surface area contributed by atoms with Crippen LogP contribution in [-0.4, -0.2) is 71.5 Å². The number of carbonyl (C=O) groups excluding carboxylic acids is 1. The SMILES string of the molecule is CC[C@@H]1CN(C(=O)NC[C@H](c2cnn(C)c2)N(C)C)C[C@H](C)O1. The normalized spacial score (nSPS) is 23.1. The lowest BCUT2D eigenvalue weighted by molar-refractivity contribution is -0.0646. The van der Waals surface area contributed by atoms with Crippen LogP contribution in [0.1, 0.15) is 31.9 Å². The first-order chi connectivity index (χ1) is 10.9. The van der Waals surface area contributed by atoms with E-state index >= 15 is 0 Å². The highest BCUT2D eigenvalue weighted by molar-refractivity contribution is 5.74. The lowest BCUT2D eigenvalue weighted by Crippen LogP contribution is -2.53. The Bertz CT molecular complexity index is 516. The van der Waals surface area contributed by atoms with Gasteiger partial charge in [0, 0.05) is 38.4 Å². The average molecular weight is 323 g/mol. The number of amides is 2. The van der Waals surface area contributed by atoms with Gasteiger partial charge in [-0.3, -0.25) is 4.68 Å². The van der Waals surface area contributed by atoms with E-state index in [0.29, 0.717) is 19.6 Å². The van der Waals surface area contributed by atoms with Gasteiger partial charge in [-0.1, -0.05) is 6.92 Å². The lowest BCUT2D eigenvalue weighted by atomic mass is 10.1. The molecule has 1 fully saturated rings. The second-order valence-electron chi connectivity index (χ2n) is 6.49. The third-order valence-corrected chi connectivity index (χ3v) is 4.25. The Kier molecular flexibility index (Phi) is 6.01. The highest BCUT2D eigenvalue weighted by Crippen LogP contribution is 2.17. The second kappa shape index (κ2) is 7.79. The number of likely N-dealkylation sites (N-methyl/N-ethyl adjacent to an activating group) is 1. The molecule has 2 rings (SSSR count). The van der Waals surface area contributed by atoms with Crippen LogP contribution in [0.15, 0.2) is 12.4 Å². The molecule has 0 spiro atoms. The Morgan fingerprint density at radius 2 is 2.26 bits per heavy atom. The molecule has 1 aliphatic heterocycles. The summed E-state index contributed by atoms with van der Waals surface area (Å²) in [5.74, 6) is 0. The van der Waals surface area contributed by atoms with Gasteiger partial charge in [-0.15, -0.1) is 0 Å². The van der Waals surface area contributed by atoms with E-state index in [4.69, 9.17) is 4.74 Å². The van der Waals surface area contributed by atoms with E-state index in [2.05, 4.69) is 22.2 Å². The zero-order valence-corrected chi connectivity index (χ0v) is 14.8. The number of hydrogen-bond acceptors (Lipinski definition) is 4. The number of rotatable bonds is 5.